The Labute approximate surface area is 218 Å². The van der Waals surface area contributed by atoms with E-state index >= 15 is 0 Å². The normalized spacial score (nSPS) is 26.6. The Morgan fingerprint density at radius 2 is 1.78 bits per heavy atom. The van der Waals surface area contributed by atoms with Gasteiger partial charge in [0.05, 0.1) is 30.9 Å². The molecule has 3 atom stereocenters. The molecule has 1 saturated heterocycles. The maximum atomic E-state index is 13.1. The zero-order valence-corrected chi connectivity index (χ0v) is 21.5. The van der Waals surface area contributed by atoms with E-state index in [1.807, 2.05) is 19.9 Å². The van der Waals surface area contributed by atoms with Crippen LogP contribution in [-0.4, -0.2) is 47.2 Å². The lowest BCUT2D eigenvalue weighted by atomic mass is 9.52. The Morgan fingerprint density at radius 3 is 2.49 bits per heavy atom. The topological polar surface area (TPSA) is 75.6 Å². The first-order valence-electron chi connectivity index (χ1n) is 13.3. The molecular weight excluding hydrogens is 462 g/mol. The van der Waals surface area contributed by atoms with Crippen LogP contribution in [0.5, 0.6) is 0 Å². The maximum absolute atomic E-state index is 13.1. The van der Waals surface area contributed by atoms with Crippen LogP contribution in [0.25, 0.3) is 11.3 Å². The molecule has 1 aliphatic heterocycles. The van der Waals surface area contributed by atoms with E-state index in [-0.39, 0.29) is 17.6 Å². The summed E-state index contributed by atoms with van der Waals surface area (Å²) in [5.41, 5.74) is 6.55. The number of Topliss-reactive ketones (excluding diaryl/α,β-unsaturated/α-hetero) is 1. The van der Waals surface area contributed by atoms with Crippen LogP contribution in [0, 0.1) is 18.8 Å². The highest BCUT2D eigenvalue weighted by Crippen LogP contribution is 2.56. The van der Waals surface area contributed by atoms with E-state index in [0.717, 1.165) is 79.3 Å². The fourth-order valence-electron chi connectivity index (χ4n) is 6.87. The summed E-state index contributed by atoms with van der Waals surface area (Å²) in [6.45, 7) is 7.29. The Bertz CT molecular complexity index is 1350. The summed E-state index contributed by atoms with van der Waals surface area (Å²) in [4.78, 5) is 25.6. The second-order valence-corrected chi connectivity index (χ2v) is 10.6. The van der Waals surface area contributed by atoms with E-state index in [1.165, 1.54) is 5.69 Å². The molecule has 0 amide bonds. The summed E-state index contributed by atoms with van der Waals surface area (Å²) in [5.74, 6) is 0.671. The van der Waals surface area contributed by atoms with Crippen LogP contribution in [-0.2, 0) is 21.4 Å². The van der Waals surface area contributed by atoms with E-state index in [4.69, 9.17) is 14.7 Å². The molecule has 0 spiro atoms. The monoisotopic (exact) mass is 495 g/mol. The zero-order valence-electron chi connectivity index (χ0n) is 21.5. The van der Waals surface area contributed by atoms with Gasteiger partial charge in [0.15, 0.2) is 5.78 Å². The molecule has 0 unspecified atom stereocenters. The minimum absolute atomic E-state index is 0.0483. The Hall–Kier alpha value is -3.51. The number of hydrogen-bond donors (Lipinski definition) is 1. The summed E-state index contributed by atoms with van der Waals surface area (Å²) in [7, 11) is 0. The van der Waals surface area contributed by atoms with Gasteiger partial charge >= 0.3 is 0 Å². The number of benzene rings is 2. The summed E-state index contributed by atoms with van der Waals surface area (Å²) in [6, 6.07) is 19.1. The van der Waals surface area contributed by atoms with Gasteiger partial charge in [0.25, 0.3) is 0 Å². The minimum atomic E-state index is -0.493. The predicted octanol–water partition coefficient (Wildman–Crippen LogP) is 5.19. The SMILES string of the molecule is Cc1nc(-c2ccc(N3CCOCC3)cc2)c2c(n1)[C@@]1(c3ccccc3)C/C(=C/O)C(=O)[C@@H](C)[C@@H]1CC2. The van der Waals surface area contributed by atoms with Crippen molar-refractivity contribution in [3.8, 4) is 11.3 Å². The molecule has 6 heteroatoms. The molecule has 37 heavy (non-hydrogen) atoms. The number of anilines is 1. The second-order valence-electron chi connectivity index (χ2n) is 10.6. The number of ketones is 1. The lowest BCUT2D eigenvalue weighted by Crippen LogP contribution is -2.51. The van der Waals surface area contributed by atoms with E-state index in [1.54, 1.807) is 0 Å². The Kier molecular flexibility index (Phi) is 6.07. The first-order chi connectivity index (χ1) is 18.0. The quantitative estimate of drug-likeness (QED) is 0.398. The first kappa shape index (κ1) is 23.9. The molecule has 2 aliphatic carbocycles. The summed E-state index contributed by atoms with van der Waals surface area (Å²) >= 11 is 0. The van der Waals surface area contributed by atoms with Gasteiger partial charge in [0.2, 0.25) is 0 Å². The first-order valence-corrected chi connectivity index (χ1v) is 13.3. The third-order valence-electron chi connectivity index (χ3n) is 8.64. The standard InChI is InChI=1S/C31H33N3O3/c1-20-27-13-12-26-28(22-8-10-25(11-9-22)34-14-16-37-17-15-34)32-21(2)33-30(26)31(27,18-23(19-35)29(20)36)24-6-4-3-5-7-24/h3-11,19-20,27,35H,12-18H2,1-2H3/b23-19-/t20-,27-,31+/m0/s1. The zero-order chi connectivity index (χ0) is 25.6. The average Bonchev–Trinajstić information content (AvgIpc) is 2.95. The largest absolute Gasteiger partial charge is 0.515 e. The fourth-order valence-corrected chi connectivity index (χ4v) is 6.87. The molecule has 2 fully saturated rings. The van der Waals surface area contributed by atoms with Crippen molar-refractivity contribution in [1.82, 2.24) is 9.97 Å². The molecule has 6 rings (SSSR count). The Balaban J connectivity index is 1.51. The number of allylic oxidation sites excluding steroid dienone is 1. The molecule has 6 nitrogen and oxygen atoms in total. The molecule has 3 aliphatic rings. The molecule has 1 saturated carbocycles. The number of aryl methyl sites for hydroxylation is 1. The van der Waals surface area contributed by atoms with Crippen molar-refractivity contribution in [2.45, 2.75) is 38.5 Å². The fraction of sp³-hybridized carbons (Fsp3) is 0.387. The molecule has 3 aromatic rings. The van der Waals surface area contributed by atoms with E-state index in [9.17, 15) is 9.90 Å². The van der Waals surface area contributed by atoms with Crippen molar-refractivity contribution in [1.29, 1.82) is 0 Å². The third kappa shape index (κ3) is 3.86. The van der Waals surface area contributed by atoms with Crippen molar-refractivity contribution in [3.63, 3.8) is 0 Å². The number of aliphatic hydroxyl groups is 1. The molecule has 0 radical (unpaired) electrons. The van der Waals surface area contributed by atoms with Crippen LogP contribution in [0.3, 0.4) is 0 Å². The highest BCUT2D eigenvalue weighted by Gasteiger charge is 2.55. The predicted molar refractivity (Wildman–Crippen MR) is 144 cm³/mol. The summed E-state index contributed by atoms with van der Waals surface area (Å²) < 4.78 is 5.51. The average molecular weight is 496 g/mol. The molecule has 0 bridgehead atoms. The number of nitrogens with zero attached hydrogens (tertiary/aromatic N) is 3. The number of aromatic nitrogens is 2. The number of fused-ring (bicyclic) bond motifs is 3. The van der Waals surface area contributed by atoms with Gasteiger partial charge in [-0.05, 0) is 49.8 Å². The summed E-state index contributed by atoms with van der Waals surface area (Å²) in [6.07, 6.45) is 3.16. The maximum Gasteiger partial charge on any atom is 0.165 e. The van der Waals surface area contributed by atoms with Gasteiger partial charge in [-0.1, -0.05) is 49.4 Å². The molecule has 190 valence electrons. The van der Waals surface area contributed by atoms with E-state index < -0.39 is 5.41 Å². The molecule has 1 N–H and O–H groups in total. The third-order valence-corrected chi connectivity index (χ3v) is 8.64. The van der Waals surface area contributed by atoms with Gasteiger partial charge in [0, 0.05) is 46.8 Å². The highest BCUT2D eigenvalue weighted by molar-refractivity contribution is 5.98. The van der Waals surface area contributed by atoms with Crippen molar-refractivity contribution >= 4 is 11.5 Å². The van der Waals surface area contributed by atoms with Crippen LogP contribution in [0.4, 0.5) is 5.69 Å². The van der Waals surface area contributed by atoms with Crippen LogP contribution >= 0.6 is 0 Å². The van der Waals surface area contributed by atoms with Gasteiger partial charge < -0.3 is 14.7 Å². The van der Waals surface area contributed by atoms with E-state index in [2.05, 4.69) is 53.4 Å². The number of aliphatic hydroxyl groups excluding tert-OH is 1. The van der Waals surface area contributed by atoms with Crippen molar-refractivity contribution in [3.05, 3.63) is 89.1 Å². The van der Waals surface area contributed by atoms with Gasteiger partial charge in [-0.25, -0.2) is 9.97 Å². The van der Waals surface area contributed by atoms with Crippen molar-refractivity contribution < 1.29 is 14.6 Å². The van der Waals surface area contributed by atoms with Crippen LogP contribution in [0.15, 0.2) is 66.4 Å². The van der Waals surface area contributed by atoms with Crippen molar-refractivity contribution in [2.75, 3.05) is 31.2 Å². The van der Waals surface area contributed by atoms with Gasteiger partial charge in [-0.15, -0.1) is 0 Å². The van der Waals surface area contributed by atoms with Gasteiger partial charge in [0.1, 0.15) is 5.82 Å². The van der Waals surface area contributed by atoms with Crippen LogP contribution in [0.2, 0.25) is 0 Å². The molecule has 1 aromatic heterocycles. The number of carbonyl (C=O) groups excluding carboxylic acids is 1. The number of ether oxygens (including phenoxy) is 1. The molecule has 2 heterocycles. The van der Waals surface area contributed by atoms with Crippen LogP contribution < -0.4 is 4.90 Å². The van der Waals surface area contributed by atoms with Crippen LogP contribution in [0.1, 0.15) is 42.4 Å². The van der Waals surface area contributed by atoms with Gasteiger partial charge in [-0.3, -0.25) is 4.79 Å². The Morgan fingerprint density at radius 1 is 1.05 bits per heavy atom. The number of morpholine rings is 1. The molecular formula is C31H33N3O3. The van der Waals surface area contributed by atoms with E-state index in [0.29, 0.717) is 12.0 Å². The number of carbonyl (C=O) groups is 1. The number of rotatable bonds is 3. The smallest absolute Gasteiger partial charge is 0.165 e. The highest BCUT2D eigenvalue weighted by atomic mass is 16.5. The van der Waals surface area contributed by atoms with Gasteiger partial charge in [-0.2, -0.15) is 0 Å². The second kappa shape index (κ2) is 9.42. The number of hydrogen-bond acceptors (Lipinski definition) is 6. The summed E-state index contributed by atoms with van der Waals surface area (Å²) in [5, 5.41) is 10.1. The minimum Gasteiger partial charge on any atom is -0.515 e. The lowest BCUT2D eigenvalue weighted by molar-refractivity contribution is -0.123. The molecule has 2 aromatic carbocycles. The van der Waals surface area contributed by atoms with Crippen molar-refractivity contribution in [2.24, 2.45) is 11.8 Å². The lowest BCUT2D eigenvalue weighted by Gasteiger charge is -2.51.